The number of piperidine rings is 1. The smallest absolute Gasteiger partial charge is 0.326 e. The van der Waals surface area contributed by atoms with Crippen LogP contribution in [0.2, 0.25) is 0 Å². The molecule has 2 rings (SSSR count). The highest BCUT2D eigenvalue weighted by molar-refractivity contribution is 5.96. The predicted octanol–water partition coefficient (Wildman–Crippen LogP) is 0.711. The van der Waals surface area contributed by atoms with Crippen molar-refractivity contribution in [1.82, 2.24) is 9.47 Å². The zero-order valence-electron chi connectivity index (χ0n) is 11.6. The maximum atomic E-state index is 12.4. The van der Waals surface area contributed by atoms with Gasteiger partial charge < -0.3 is 14.6 Å². The van der Waals surface area contributed by atoms with E-state index in [0.29, 0.717) is 13.0 Å². The number of nitrogens with zero attached hydrogens (tertiary/aromatic N) is 2. The maximum Gasteiger partial charge on any atom is 0.326 e. The lowest BCUT2D eigenvalue weighted by molar-refractivity contribution is -0.144. The van der Waals surface area contributed by atoms with E-state index in [9.17, 15) is 19.5 Å². The van der Waals surface area contributed by atoms with Gasteiger partial charge in [0.05, 0.1) is 0 Å². The number of carbonyl (C=O) groups excluding carboxylic acids is 1. The van der Waals surface area contributed by atoms with E-state index in [4.69, 9.17) is 0 Å². The monoisotopic (exact) mass is 278 g/mol. The zero-order valence-corrected chi connectivity index (χ0v) is 11.6. The molecular formula is C14H18N2O4. The average molecular weight is 278 g/mol. The lowest BCUT2D eigenvalue weighted by Gasteiger charge is -2.36. The van der Waals surface area contributed by atoms with E-state index in [2.05, 4.69) is 0 Å². The highest BCUT2D eigenvalue weighted by Gasteiger charge is 2.35. The van der Waals surface area contributed by atoms with Crippen molar-refractivity contribution in [2.75, 3.05) is 6.54 Å². The van der Waals surface area contributed by atoms with Crippen molar-refractivity contribution >= 4 is 11.9 Å². The molecule has 0 saturated carbocycles. The fourth-order valence-corrected chi connectivity index (χ4v) is 2.47. The Labute approximate surface area is 116 Å². The first-order valence-electron chi connectivity index (χ1n) is 6.60. The van der Waals surface area contributed by atoms with Crippen molar-refractivity contribution in [3.63, 3.8) is 0 Å². The van der Waals surface area contributed by atoms with Crippen LogP contribution in [0.25, 0.3) is 0 Å². The number of amides is 1. The molecule has 1 fully saturated rings. The molecule has 6 heteroatoms. The topological polar surface area (TPSA) is 79.6 Å². The summed E-state index contributed by atoms with van der Waals surface area (Å²) in [4.78, 5) is 36.6. The van der Waals surface area contributed by atoms with Gasteiger partial charge >= 0.3 is 5.97 Å². The fourth-order valence-electron chi connectivity index (χ4n) is 2.47. The van der Waals surface area contributed by atoms with Crippen LogP contribution < -0.4 is 5.56 Å². The fraction of sp³-hybridized carbons (Fsp3) is 0.500. The van der Waals surface area contributed by atoms with Gasteiger partial charge in [-0.05, 0) is 24.8 Å². The Morgan fingerprint density at radius 3 is 2.70 bits per heavy atom. The van der Waals surface area contributed by atoms with E-state index in [0.717, 1.165) is 6.42 Å². The number of rotatable bonds is 2. The minimum Gasteiger partial charge on any atom is -0.480 e. The van der Waals surface area contributed by atoms with Crippen molar-refractivity contribution in [2.24, 2.45) is 13.0 Å². The summed E-state index contributed by atoms with van der Waals surface area (Å²) in [5.41, 5.74) is -0.0398. The summed E-state index contributed by atoms with van der Waals surface area (Å²) in [6, 6.07) is 1.98. The number of aryl methyl sites for hydroxylation is 1. The second kappa shape index (κ2) is 5.48. The van der Waals surface area contributed by atoms with Gasteiger partial charge in [0, 0.05) is 31.4 Å². The predicted molar refractivity (Wildman–Crippen MR) is 72.5 cm³/mol. The first-order chi connectivity index (χ1) is 9.40. The SMILES string of the molecule is CC1CCN(C(=O)c2ccn(C)c(=O)c2)C(C(=O)O)C1. The first-order valence-corrected chi connectivity index (χ1v) is 6.60. The average Bonchev–Trinajstić information content (AvgIpc) is 2.41. The Kier molecular flexibility index (Phi) is 3.92. The summed E-state index contributed by atoms with van der Waals surface area (Å²) in [5.74, 6) is -1.10. The third kappa shape index (κ3) is 2.74. The van der Waals surface area contributed by atoms with E-state index in [-0.39, 0.29) is 22.9 Å². The van der Waals surface area contributed by atoms with Crippen LogP contribution in [0.15, 0.2) is 23.1 Å². The number of carboxylic acids is 1. The van der Waals surface area contributed by atoms with Crippen LogP contribution in [0.1, 0.15) is 30.1 Å². The van der Waals surface area contributed by atoms with Crippen molar-refractivity contribution in [3.8, 4) is 0 Å². The summed E-state index contributed by atoms with van der Waals surface area (Å²) in [7, 11) is 1.60. The van der Waals surface area contributed by atoms with Crippen LogP contribution in [0, 0.1) is 5.92 Å². The molecule has 1 saturated heterocycles. The van der Waals surface area contributed by atoms with E-state index < -0.39 is 12.0 Å². The molecule has 0 spiro atoms. The molecule has 1 N–H and O–H groups in total. The highest BCUT2D eigenvalue weighted by Crippen LogP contribution is 2.24. The number of carboxylic acid groups (broad SMARTS) is 1. The Morgan fingerprint density at radius 1 is 1.40 bits per heavy atom. The first kappa shape index (κ1) is 14.3. The van der Waals surface area contributed by atoms with Crippen LogP contribution in [0.3, 0.4) is 0 Å². The van der Waals surface area contributed by atoms with Crippen molar-refractivity contribution < 1.29 is 14.7 Å². The molecule has 1 aromatic rings. The molecule has 20 heavy (non-hydrogen) atoms. The summed E-state index contributed by atoms with van der Waals surface area (Å²) < 4.78 is 1.36. The third-order valence-corrected chi connectivity index (χ3v) is 3.76. The molecule has 1 amide bonds. The largest absolute Gasteiger partial charge is 0.480 e. The molecule has 0 aromatic carbocycles. The van der Waals surface area contributed by atoms with Crippen LogP contribution in [0.5, 0.6) is 0 Å². The van der Waals surface area contributed by atoms with Crippen LogP contribution in [-0.4, -0.2) is 39.0 Å². The molecule has 1 aliphatic rings. The van der Waals surface area contributed by atoms with Gasteiger partial charge in [0.1, 0.15) is 6.04 Å². The standard InChI is InChI=1S/C14H18N2O4/c1-9-3-6-16(11(7-9)14(19)20)13(18)10-4-5-15(2)12(17)8-10/h4-5,8-9,11H,3,6-7H2,1-2H3,(H,19,20). The van der Waals surface area contributed by atoms with Gasteiger partial charge in [-0.15, -0.1) is 0 Å². The van der Waals surface area contributed by atoms with Crippen LogP contribution in [0.4, 0.5) is 0 Å². The van der Waals surface area contributed by atoms with Crippen LogP contribution in [-0.2, 0) is 11.8 Å². The van der Waals surface area contributed by atoms with Crippen molar-refractivity contribution in [3.05, 3.63) is 34.2 Å². The maximum absolute atomic E-state index is 12.4. The summed E-state index contributed by atoms with van der Waals surface area (Å²) in [5, 5.41) is 9.26. The van der Waals surface area contributed by atoms with Crippen molar-refractivity contribution in [1.29, 1.82) is 0 Å². The Bertz CT molecular complexity index is 593. The normalized spacial score (nSPS) is 22.6. The van der Waals surface area contributed by atoms with Gasteiger partial charge in [0.2, 0.25) is 0 Å². The number of likely N-dealkylation sites (tertiary alicyclic amines) is 1. The summed E-state index contributed by atoms with van der Waals surface area (Å²) in [6.07, 6.45) is 2.74. The second-order valence-corrected chi connectivity index (χ2v) is 5.35. The lowest BCUT2D eigenvalue weighted by Crippen LogP contribution is -2.50. The van der Waals surface area contributed by atoms with E-state index in [1.54, 1.807) is 13.1 Å². The number of aromatic nitrogens is 1. The van der Waals surface area contributed by atoms with Gasteiger partial charge in [0.15, 0.2) is 0 Å². The van der Waals surface area contributed by atoms with Crippen molar-refractivity contribution in [2.45, 2.75) is 25.8 Å². The van der Waals surface area contributed by atoms with Gasteiger partial charge in [0.25, 0.3) is 11.5 Å². The molecule has 1 aliphatic heterocycles. The molecule has 2 unspecified atom stereocenters. The molecular weight excluding hydrogens is 260 g/mol. The Balaban J connectivity index is 2.28. The minimum atomic E-state index is -0.992. The molecule has 2 atom stereocenters. The van der Waals surface area contributed by atoms with Crippen LogP contribution >= 0.6 is 0 Å². The van der Waals surface area contributed by atoms with E-state index in [1.807, 2.05) is 6.92 Å². The van der Waals surface area contributed by atoms with E-state index >= 15 is 0 Å². The molecule has 0 aliphatic carbocycles. The number of pyridine rings is 1. The van der Waals surface area contributed by atoms with Gasteiger partial charge in [-0.1, -0.05) is 6.92 Å². The minimum absolute atomic E-state index is 0.244. The Hall–Kier alpha value is -2.11. The second-order valence-electron chi connectivity index (χ2n) is 5.35. The Morgan fingerprint density at radius 2 is 2.10 bits per heavy atom. The number of carbonyl (C=O) groups is 2. The molecule has 6 nitrogen and oxygen atoms in total. The number of hydrogen-bond acceptors (Lipinski definition) is 3. The molecule has 108 valence electrons. The third-order valence-electron chi connectivity index (χ3n) is 3.76. The molecule has 0 bridgehead atoms. The van der Waals surface area contributed by atoms with Gasteiger partial charge in [-0.3, -0.25) is 9.59 Å². The van der Waals surface area contributed by atoms with Gasteiger partial charge in [-0.2, -0.15) is 0 Å². The number of hydrogen-bond donors (Lipinski definition) is 1. The quantitative estimate of drug-likeness (QED) is 0.864. The summed E-state index contributed by atoms with van der Waals surface area (Å²) in [6.45, 7) is 2.39. The number of aliphatic carboxylic acids is 1. The molecule has 1 aromatic heterocycles. The summed E-state index contributed by atoms with van der Waals surface area (Å²) >= 11 is 0. The lowest BCUT2D eigenvalue weighted by atomic mass is 9.92. The highest BCUT2D eigenvalue weighted by atomic mass is 16.4. The van der Waals surface area contributed by atoms with E-state index in [1.165, 1.54) is 21.7 Å². The molecule has 2 heterocycles. The molecule has 0 radical (unpaired) electrons. The van der Waals surface area contributed by atoms with Gasteiger partial charge in [-0.25, -0.2) is 4.79 Å². The zero-order chi connectivity index (χ0) is 14.9.